The van der Waals surface area contributed by atoms with Crippen LogP contribution in [0.1, 0.15) is 22.3 Å². The Morgan fingerprint density at radius 1 is 0.844 bits per heavy atom. The lowest BCUT2D eigenvalue weighted by atomic mass is 10.0. The first-order valence-electron chi connectivity index (χ1n) is 10.2. The van der Waals surface area contributed by atoms with Gasteiger partial charge in [-0.3, -0.25) is 9.59 Å². The molecule has 3 aromatic carbocycles. The summed E-state index contributed by atoms with van der Waals surface area (Å²) >= 11 is 6.05. The lowest BCUT2D eigenvalue weighted by molar-refractivity contribution is -0.120. The Morgan fingerprint density at radius 2 is 1.56 bits per heavy atom. The summed E-state index contributed by atoms with van der Waals surface area (Å²) in [7, 11) is 1.56. The molecule has 1 heterocycles. The Balaban J connectivity index is 1.86. The third-order valence-electron chi connectivity index (χ3n) is 5.58. The maximum atomic E-state index is 13.6. The zero-order valence-corrected chi connectivity index (χ0v) is 19.1. The second-order valence-electron chi connectivity index (χ2n) is 7.80. The smallest absolute Gasteiger partial charge is 0.282 e. The molecule has 0 saturated carbocycles. The van der Waals surface area contributed by atoms with Gasteiger partial charge >= 0.3 is 0 Å². The van der Waals surface area contributed by atoms with Gasteiger partial charge in [0.1, 0.15) is 11.4 Å². The molecule has 4 rings (SSSR count). The molecule has 0 saturated heterocycles. The highest BCUT2D eigenvalue weighted by Crippen LogP contribution is 2.36. The number of ether oxygens (including phenoxy) is 1. The summed E-state index contributed by atoms with van der Waals surface area (Å²) in [6.45, 7) is 5.89. The largest absolute Gasteiger partial charge is 0.495 e. The van der Waals surface area contributed by atoms with Gasteiger partial charge in [0.2, 0.25) is 0 Å². The number of benzene rings is 3. The number of imide groups is 1. The number of nitrogens with zero attached hydrogens (tertiary/aromatic N) is 1. The zero-order valence-electron chi connectivity index (χ0n) is 18.3. The highest BCUT2D eigenvalue weighted by atomic mass is 35.5. The monoisotopic (exact) mass is 446 g/mol. The fourth-order valence-electron chi connectivity index (χ4n) is 3.68. The van der Waals surface area contributed by atoms with Gasteiger partial charge in [0.25, 0.3) is 11.8 Å². The molecule has 2 amide bonds. The van der Waals surface area contributed by atoms with E-state index in [1.165, 1.54) is 4.90 Å². The van der Waals surface area contributed by atoms with Crippen LogP contribution in [0.15, 0.2) is 66.4 Å². The third-order valence-corrected chi connectivity index (χ3v) is 5.83. The third kappa shape index (κ3) is 3.87. The average Bonchev–Trinajstić information content (AvgIpc) is 3.00. The highest BCUT2D eigenvalue weighted by molar-refractivity contribution is 6.46. The van der Waals surface area contributed by atoms with Gasteiger partial charge in [0, 0.05) is 5.02 Å². The molecular weight excluding hydrogens is 424 g/mol. The molecule has 6 heteroatoms. The Labute approximate surface area is 192 Å². The van der Waals surface area contributed by atoms with Crippen LogP contribution in [0.25, 0.3) is 5.57 Å². The highest BCUT2D eigenvalue weighted by Gasteiger charge is 2.40. The summed E-state index contributed by atoms with van der Waals surface area (Å²) in [6.07, 6.45) is 0. The van der Waals surface area contributed by atoms with Gasteiger partial charge in [-0.25, -0.2) is 4.90 Å². The van der Waals surface area contributed by atoms with Crippen molar-refractivity contribution in [1.29, 1.82) is 0 Å². The number of nitrogens with one attached hydrogen (secondary N) is 1. The minimum Gasteiger partial charge on any atom is -0.495 e. The number of carbonyl (C=O) groups is 2. The second-order valence-corrected chi connectivity index (χ2v) is 8.24. The molecule has 0 atom stereocenters. The molecule has 0 unspecified atom stereocenters. The average molecular weight is 447 g/mol. The van der Waals surface area contributed by atoms with Crippen molar-refractivity contribution >= 4 is 40.4 Å². The number of amides is 2. The Kier molecular flexibility index (Phi) is 5.76. The minimum atomic E-state index is -0.424. The first kappa shape index (κ1) is 21.7. The van der Waals surface area contributed by atoms with Crippen LogP contribution >= 0.6 is 11.6 Å². The standard InChI is InChI=1S/C26H23ClN2O3/c1-15-5-12-22(32-4)21(13-15)28-24-23(18-7-9-19(27)10-8-18)25(30)29(26(24)31)20-11-6-16(2)17(3)14-20/h5-14,28H,1-4H3. The molecule has 0 aromatic heterocycles. The van der Waals surface area contributed by atoms with E-state index in [4.69, 9.17) is 16.3 Å². The topological polar surface area (TPSA) is 58.6 Å². The van der Waals surface area contributed by atoms with Gasteiger partial charge in [-0.15, -0.1) is 0 Å². The van der Waals surface area contributed by atoms with Crippen molar-refractivity contribution in [1.82, 2.24) is 0 Å². The quantitative estimate of drug-likeness (QED) is 0.513. The van der Waals surface area contributed by atoms with E-state index < -0.39 is 11.8 Å². The predicted molar refractivity (Wildman–Crippen MR) is 128 cm³/mol. The Morgan fingerprint density at radius 3 is 2.22 bits per heavy atom. The molecule has 0 bridgehead atoms. The Hall–Kier alpha value is -3.57. The summed E-state index contributed by atoms with van der Waals surface area (Å²) in [4.78, 5) is 28.3. The van der Waals surface area contributed by atoms with E-state index in [0.29, 0.717) is 27.7 Å². The molecule has 32 heavy (non-hydrogen) atoms. The molecule has 1 aliphatic heterocycles. The van der Waals surface area contributed by atoms with Crippen molar-refractivity contribution in [2.24, 2.45) is 0 Å². The molecule has 1 N–H and O–H groups in total. The van der Waals surface area contributed by atoms with Crippen LogP contribution in [0.5, 0.6) is 5.75 Å². The van der Waals surface area contributed by atoms with E-state index in [1.807, 2.05) is 51.1 Å². The van der Waals surface area contributed by atoms with Crippen molar-refractivity contribution < 1.29 is 14.3 Å². The van der Waals surface area contributed by atoms with Gasteiger partial charge in [0.05, 0.1) is 24.1 Å². The molecular formula is C26H23ClN2O3. The minimum absolute atomic E-state index is 0.194. The van der Waals surface area contributed by atoms with Crippen LogP contribution in [-0.2, 0) is 9.59 Å². The van der Waals surface area contributed by atoms with Crippen molar-refractivity contribution in [3.8, 4) is 5.75 Å². The number of carbonyl (C=O) groups excluding carboxylic acids is 2. The maximum absolute atomic E-state index is 13.6. The summed E-state index contributed by atoms with van der Waals surface area (Å²) in [5, 5.41) is 3.73. The summed E-state index contributed by atoms with van der Waals surface area (Å²) < 4.78 is 5.46. The molecule has 1 aliphatic rings. The van der Waals surface area contributed by atoms with Crippen LogP contribution < -0.4 is 15.0 Å². The van der Waals surface area contributed by atoms with Crippen LogP contribution in [0.3, 0.4) is 0 Å². The zero-order chi connectivity index (χ0) is 23.0. The normalized spacial score (nSPS) is 13.7. The van der Waals surface area contributed by atoms with Crippen molar-refractivity contribution in [2.45, 2.75) is 20.8 Å². The maximum Gasteiger partial charge on any atom is 0.282 e. The van der Waals surface area contributed by atoms with Crippen LogP contribution in [0.2, 0.25) is 5.02 Å². The molecule has 162 valence electrons. The predicted octanol–water partition coefficient (Wildman–Crippen LogP) is 5.67. The lowest BCUT2D eigenvalue weighted by Crippen LogP contribution is -2.32. The molecule has 0 fully saturated rings. The van der Waals surface area contributed by atoms with Gasteiger partial charge in [-0.05, 0) is 79.4 Å². The first-order valence-corrected chi connectivity index (χ1v) is 10.6. The van der Waals surface area contributed by atoms with Gasteiger partial charge < -0.3 is 10.1 Å². The van der Waals surface area contributed by atoms with E-state index in [9.17, 15) is 9.59 Å². The molecule has 5 nitrogen and oxygen atoms in total. The number of aryl methyl sites for hydroxylation is 3. The summed E-state index contributed by atoms with van der Waals surface area (Å²) in [5.41, 5.74) is 5.30. The fraction of sp³-hybridized carbons (Fsp3) is 0.154. The van der Waals surface area contributed by atoms with Crippen LogP contribution in [0.4, 0.5) is 11.4 Å². The number of anilines is 2. The summed E-state index contributed by atoms with van der Waals surface area (Å²) in [5.74, 6) is -0.245. The number of methoxy groups -OCH3 is 1. The van der Waals surface area contributed by atoms with E-state index in [0.717, 1.165) is 16.7 Å². The lowest BCUT2D eigenvalue weighted by Gasteiger charge is -2.17. The molecule has 0 aliphatic carbocycles. The van der Waals surface area contributed by atoms with Gasteiger partial charge in [-0.2, -0.15) is 0 Å². The van der Waals surface area contributed by atoms with Crippen LogP contribution in [-0.4, -0.2) is 18.9 Å². The van der Waals surface area contributed by atoms with Crippen LogP contribution in [0, 0.1) is 20.8 Å². The van der Waals surface area contributed by atoms with E-state index in [1.54, 1.807) is 37.4 Å². The number of halogens is 1. The van der Waals surface area contributed by atoms with Gasteiger partial charge in [-0.1, -0.05) is 35.9 Å². The summed E-state index contributed by atoms with van der Waals surface area (Å²) in [6, 6.07) is 18.0. The first-order chi connectivity index (χ1) is 15.3. The fourth-order valence-corrected chi connectivity index (χ4v) is 3.81. The molecule has 3 aromatic rings. The van der Waals surface area contributed by atoms with Crippen molar-refractivity contribution in [2.75, 3.05) is 17.3 Å². The van der Waals surface area contributed by atoms with Crippen molar-refractivity contribution in [3.05, 3.63) is 93.6 Å². The second kappa shape index (κ2) is 8.52. The number of hydrogen-bond donors (Lipinski definition) is 1. The van der Waals surface area contributed by atoms with E-state index >= 15 is 0 Å². The van der Waals surface area contributed by atoms with E-state index in [-0.39, 0.29) is 11.3 Å². The number of hydrogen-bond acceptors (Lipinski definition) is 4. The number of rotatable bonds is 5. The molecule has 0 radical (unpaired) electrons. The SMILES string of the molecule is COc1ccc(C)cc1NC1=C(c2ccc(Cl)cc2)C(=O)N(c2ccc(C)c(C)c2)C1=O. The Bertz CT molecular complexity index is 1260. The molecule has 0 spiro atoms. The van der Waals surface area contributed by atoms with Crippen molar-refractivity contribution in [3.63, 3.8) is 0 Å². The van der Waals surface area contributed by atoms with E-state index in [2.05, 4.69) is 5.32 Å². The van der Waals surface area contributed by atoms with Gasteiger partial charge in [0.15, 0.2) is 0 Å².